The van der Waals surface area contributed by atoms with Crippen LogP contribution in [0.2, 0.25) is 0 Å². The van der Waals surface area contributed by atoms with Crippen molar-refractivity contribution in [3.8, 4) is 0 Å². The Morgan fingerprint density at radius 2 is 1.76 bits per heavy atom. The molecular formula is C14H29NO2. The molecule has 1 aliphatic rings. The van der Waals surface area contributed by atoms with Gasteiger partial charge in [0.2, 0.25) is 0 Å². The van der Waals surface area contributed by atoms with E-state index in [0.717, 1.165) is 13.0 Å². The summed E-state index contributed by atoms with van der Waals surface area (Å²) < 4.78 is 11.0. The van der Waals surface area contributed by atoms with Gasteiger partial charge in [-0.05, 0) is 25.2 Å². The lowest BCUT2D eigenvalue weighted by molar-refractivity contribution is 0.0339. The number of hydrogen-bond acceptors (Lipinski definition) is 3. The fraction of sp³-hybridized carbons (Fsp3) is 1.00. The zero-order chi connectivity index (χ0) is 12.3. The van der Waals surface area contributed by atoms with Crippen molar-refractivity contribution in [2.45, 2.75) is 57.9 Å². The molecule has 0 bridgehead atoms. The van der Waals surface area contributed by atoms with Gasteiger partial charge in [0.15, 0.2) is 0 Å². The molecule has 0 amide bonds. The smallest absolute Gasteiger partial charge is 0.0701 e. The van der Waals surface area contributed by atoms with Crippen molar-refractivity contribution in [3.63, 3.8) is 0 Å². The van der Waals surface area contributed by atoms with Gasteiger partial charge in [0, 0.05) is 12.6 Å². The Labute approximate surface area is 106 Å². The lowest BCUT2D eigenvalue weighted by atomic mass is 9.84. The summed E-state index contributed by atoms with van der Waals surface area (Å²) in [6.45, 7) is 5.11. The minimum Gasteiger partial charge on any atom is -0.379 e. The molecule has 1 atom stereocenters. The van der Waals surface area contributed by atoms with Gasteiger partial charge in [-0.15, -0.1) is 0 Å². The molecule has 3 nitrogen and oxygen atoms in total. The molecule has 1 aliphatic carbocycles. The second kappa shape index (κ2) is 9.86. The molecule has 0 spiro atoms. The van der Waals surface area contributed by atoms with Crippen LogP contribution in [0.3, 0.4) is 0 Å². The maximum atomic E-state index is 6.15. The quantitative estimate of drug-likeness (QED) is 0.633. The predicted octanol–water partition coefficient (Wildman–Crippen LogP) is 2.73. The van der Waals surface area contributed by atoms with Gasteiger partial charge in [-0.3, -0.25) is 0 Å². The van der Waals surface area contributed by atoms with Gasteiger partial charge < -0.3 is 15.2 Å². The zero-order valence-corrected chi connectivity index (χ0v) is 11.3. The highest BCUT2D eigenvalue weighted by atomic mass is 16.5. The molecule has 0 saturated heterocycles. The summed E-state index contributed by atoms with van der Waals surface area (Å²) in [5.74, 6) is 0.685. The summed E-state index contributed by atoms with van der Waals surface area (Å²) in [7, 11) is 0. The number of nitrogens with two attached hydrogens (primary N) is 1. The Kier molecular flexibility index (Phi) is 8.67. The summed E-state index contributed by atoms with van der Waals surface area (Å²) >= 11 is 0. The van der Waals surface area contributed by atoms with E-state index in [1.54, 1.807) is 0 Å². The monoisotopic (exact) mass is 243 g/mol. The predicted molar refractivity (Wildman–Crippen MR) is 71.1 cm³/mol. The van der Waals surface area contributed by atoms with Crippen LogP contribution in [0, 0.1) is 5.92 Å². The van der Waals surface area contributed by atoms with Crippen LogP contribution >= 0.6 is 0 Å². The molecule has 17 heavy (non-hydrogen) atoms. The summed E-state index contributed by atoms with van der Waals surface area (Å²) in [5.41, 5.74) is 6.15. The average Bonchev–Trinajstić information content (AvgIpc) is 2.38. The summed E-state index contributed by atoms with van der Waals surface area (Å²) in [6.07, 6.45) is 8.98. The van der Waals surface area contributed by atoms with Crippen molar-refractivity contribution in [1.82, 2.24) is 0 Å². The summed E-state index contributed by atoms with van der Waals surface area (Å²) in [4.78, 5) is 0. The molecule has 2 N–H and O–H groups in total. The van der Waals surface area contributed by atoms with Crippen molar-refractivity contribution in [1.29, 1.82) is 0 Å². The molecule has 102 valence electrons. The van der Waals surface area contributed by atoms with Crippen LogP contribution in [0.15, 0.2) is 0 Å². The topological polar surface area (TPSA) is 44.5 Å². The Balaban J connectivity index is 1.90. The molecule has 0 aliphatic heterocycles. The average molecular weight is 243 g/mol. The first-order valence-electron chi connectivity index (χ1n) is 7.25. The molecule has 0 aromatic rings. The highest BCUT2D eigenvalue weighted by molar-refractivity contribution is 4.75. The number of unbranched alkanes of at least 4 members (excludes halogenated alkanes) is 1. The minimum atomic E-state index is 0.228. The van der Waals surface area contributed by atoms with Gasteiger partial charge in [0.1, 0.15) is 0 Å². The summed E-state index contributed by atoms with van der Waals surface area (Å²) in [5, 5.41) is 0. The van der Waals surface area contributed by atoms with Crippen LogP contribution < -0.4 is 5.73 Å². The van der Waals surface area contributed by atoms with Crippen LogP contribution in [-0.2, 0) is 9.47 Å². The molecule has 1 fully saturated rings. The normalized spacial score (nSPS) is 19.4. The van der Waals surface area contributed by atoms with Gasteiger partial charge in [-0.2, -0.15) is 0 Å². The Hall–Kier alpha value is -0.120. The maximum absolute atomic E-state index is 6.15. The third kappa shape index (κ3) is 7.02. The number of rotatable bonds is 9. The SMILES string of the molecule is CCCCOCCOCC(N)C1CCCCC1. The molecule has 3 heteroatoms. The van der Waals surface area contributed by atoms with Crippen LogP contribution in [0.5, 0.6) is 0 Å². The second-order valence-electron chi connectivity index (χ2n) is 5.10. The van der Waals surface area contributed by atoms with Gasteiger partial charge in [-0.25, -0.2) is 0 Å². The van der Waals surface area contributed by atoms with Gasteiger partial charge in [0.25, 0.3) is 0 Å². The molecular weight excluding hydrogens is 214 g/mol. The standard InChI is InChI=1S/C14H29NO2/c1-2-3-9-16-10-11-17-12-14(15)13-7-5-4-6-8-13/h13-14H,2-12,15H2,1H3. The van der Waals surface area contributed by atoms with E-state index >= 15 is 0 Å². The molecule has 0 aromatic heterocycles. The Bertz CT molecular complexity index is 170. The van der Waals surface area contributed by atoms with Gasteiger partial charge in [0.05, 0.1) is 19.8 Å². The van der Waals surface area contributed by atoms with E-state index in [4.69, 9.17) is 15.2 Å². The van der Waals surface area contributed by atoms with Crippen LogP contribution in [-0.4, -0.2) is 32.5 Å². The highest BCUT2D eigenvalue weighted by Crippen LogP contribution is 2.25. The lowest BCUT2D eigenvalue weighted by Gasteiger charge is -2.27. The van der Waals surface area contributed by atoms with Crippen molar-refractivity contribution in [3.05, 3.63) is 0 Å². The van der Waals surface area contributed by atoms with Crippen LogP contribution in [0.1, 0.15) is 51.9 Å². The van der Waals surface area contributed by atoms with Crippen molar-refractivity contribution in [2.24, 2.45) is 11.7 Å². The Morgan fingerprint density at radius 1 is 1.06 bits per heavy atom. The van der Waals surface area contributed by atoms with Crippen LogP contribution in [0.25, 0.3) is 0 Å². The van der Waals surface area contributed by atoms with Crippen molar-refractivity contribution in [2.75, 3.05) is 26.4 Å². The second-order valence-corrected chi connectivity index (χ2v) is 5.10. The zero-order valence-electron chi connectivity index (χ0n) is 11.3. The Morgan fingerprint density at radius 3 is 2.47 bits per heavy atom. The molecule has 1 rings (SSSR count). The fourth-order valence-electron chi connectivity index (χ4n) is 2.38. The largest absolute Gasteiger partial charge is 0.379 e. The van der Waals surface area contributed by atoms with E-state index in [0.29, 0.717) is 25.7 Å². The first-order chi connectivity index (χ1) is 8.34. The van der Waals surface area contributed by atoms with Gasteiger partial charge in [-0.1, -0.05) is 32.6 Å². The van der Waals surface area contributed by atoms with E-state index in [2.05, 4.69) is 6.92 Å². The van der Waals surface area contributed by atoms with E-state index in [1.807, 2.05) is 0 Å². The van der Waals surface area contributed by atoms with E-state index < -0.39 is 0 Å². The van der Waals surface area contributed by atoms with E-state index in [9.17, 15) is 0 Å². The van der Waals surface area contributed by atoms with Crippen molar-refractivity contribution >= 4 is 0 Å². The third-order valence-electron chi connectivity index (χ3n) is 3.58. The molecule has 0 aromatic carbocycles. The third-order valence-corrected chi connectivity index (χ3v) is 3.58. The number of hydrogen-bond donors (Lipinski definition) is 1. The maximum Gasteiger partial charge on any atom is 0.0701 e. The first kappa shape index (κ1) is 14.9. The summed E-state index contributed by atoms with van der Waals surface area (Å²) in [6, 6.07) is 0.228. The molecule has 1 saturated carbocycles. The van der Waals surface area contributed by atoms with Gasteiger partial charge >= 0.3 is 0 Å². The van der Waals surface area contributed by atoms with Crippen LogP contribution in [0.4, 0.5) is 0 Å². The van der Waals surface area contributed by atoms with Crippen molar-refractivity contribution < 1.29 is 9.47 Å². The van der Waals surface area contributed by atoms with E-state index in [1.165, 1.54) is 38.5 Å². The number of ether oxygens (including phenoxy) is 2. The van der Waals surface area contributed by atoms with E-state index in [-0.39, 0.29) is 6.04 Å². The lowest BCUT2D eigenvalue weighted by Crippen LogP contribution is -2.36. The highest BCUT2D eigenvalue weighted by Gasteiger charge is 2.20. The molecule has 0 heterocycles. The first-order valence-corrected chi connectivity index (χ1v) is 7.25. The fourth-order valence-corrected chi connectivity index (χ4v) is 2.38. The minimum absolute atomic E-state index is 0.228. The molecule has 1 unspecified atom stereocenters. The molecule has 0 radical (unpaired) electrons.